The van der Waals surface area contributed by atoms with Gasteiger partial charge in [-0.05, 0) is 61.7 Å². The molecule has 2 fully saturated rings. The van der Waals surface area contributed by atoms with Gasteiger partial charge in [-0.1, -0.05) is 0 Å². The summed E-state index contributed by atoms with van der Waals surface area (Å²) in [5.74, 6) is -1.24. The number of methoxy groups -OCH3 is 1. The van der Waals surface area contributed by atoms with Gasteiger partial charge in [-0.15, -0.1) is 0 Å². The number of halogens is 2. The molecular weight excluding hydrogens is 464 g/mol. The van der Waals surface area contributed by atoms with Crippen LogP contribution in [0.25, 0.3) is 0 Å². The van der Waals surface area contributed by atoms with Crippen LogP contribution in [0.2, 0.25) is 0 Å². The second-order valence-corrected chi connectivity index (χ2v) is 10.5. The van der Waals surface area contributed by atoms with Crippen molar-refractivity contribution in [1.29, 1.82) is 0 Å². The Labute approximate surface area is 199 Å². The Morgan fingerprint density at radius 1 is 0.941 bits per heavy atom. The van der Waals surface area contributed by atoms with E-state index in [2.05, 4.69) is 4.90 Å². The lowest BCUT2D eigenvalue weighted by molar-refractivity contribution is -0.136. The first kappa shape index (κ1) is 24.4. The quantitative estimate of drug-likeness (QED) is 0.640. The van der Waals surface area contributed by atoms with Crippen molar-refractivity contribution >= 4 is 21.6 Å². The van der Waals surface area contributed by atoms with E-state index in [4.69, 9.17) is 4.74 Å². The zero-order chi connectivity index (χ0) is 24.3. The molecule has 0 unspecified atom stereocenters. The van der Waals surface area contributed by atoms with Crippen molar-refractivity contribution in [2.75, 3.05) is 51.3 Å². The van der Waals surface area contributed by atoms with Crippen molar-refractivity contribution in [3.63, 3.8) is 0 Å². The standard InChI is InChI=1S/C24H29F2N3O4S/c1-33-21-6-4-20(5-7-21)27-11-2-12-28(16-15-27)24(30)18-9-13-29(14-10-18)34(31,32)23-17-19(25)3-8-22(23)26/h3-8,17-18H,2,9-16H2,1H3. The predicted octanol–water partition coefficient (Wildman–Crippen LogP) is 3.11. The van der Waals surface area contributed by atoms with E-state index in [1.165, 1.54) is 0 Å². The molecule has 4 rings (SSSR count). The Kier molecular flexibility index (Phi) is 7.37. The molecule has 7 nitrogen and oxygen atoms in total. The van der Waals surface area contributed by atoms with Gasteiger partial charge in [0.1, 0.15) is 22.3 Å². The van der Waals surface area contributed by atoms with Crippen molar-refractivity contribution in [3.8, 4) is 5.75 Å². The number of ether oxygens (including phenoxy) is 1. The van der Waals surface area contributed by atoms with Gasteiger partial charge in [0, 0.05) is 50.9 Å². The molecule has 2 aliphatic heterocycles. The van der Waals surface area contributed by atoms with Crippen molar-refractivity contribution < 1.29 is 26.7 Å². The fourth-order valence-corrected chi connectivity index (χ4v) is 6.15. The number of hydrogen-bond acceptors (Lipinski definition) is 5. The van der Waals surface area contributed by atoms with Crippen LogP contribution >= 0.6 is 0 Å². The third kappa shape index (κ3) is 5.17. The maximum absolute atomic E-state index is 14.1. The van der Waals surface area contributed by atoms with Gasteiger partial charge >= 0.3 is 0 Å². The van der Waals surface area contributed by atoms with E-state index in [0.717, 1.165) is 40.8 Å². The lowest BCUT2D eigenvalue weighted by Gasteiger charge is -2.33. The van der Waals surface area contributed by atoms with E-state index in [-0.39, 0.29) is 24.9 Å². The Balaban J connectivity index is 1.34. The number of benzene rings is 2. The van der Waals surface area contributed by atoms with Crippen molar-refractivity contribution in [3.05, 3.63) is 54.1 Å². The summed E-state index contributed by atoms with van der Waals surface area (Å²) in [6.45, 7) is 2.99. The van der Waals surface area contributed by atoms with E-state index in [1.807, 2.05) is 29.2 Å². The summed E-state index contributed by atoms with van der Waals surface area (Å²) >= 11 is 0. The van der Waals surface area contributed by atoms with Gasteiger partial charge in [0.2, 0.25) is 15.9 Å². The molecule has 0 radical (unpaired) electrons. The summed E-state index contributed by atoms with van der Waals surface area (Å²) in [7, 11) is -2.53. The molecule has 0 spiro atoms. The lowest BCUT2D eigenvalue weighted by Crippen LogP contribution is -2.45. The molecular formula is C24H29F2N3O4S. The Morgan fingerprint density at radius 3 is 2.32 bits per heavy atom. The first-order chi connectivity index (χ1) is 16.3. The van der Waals surface area contributed by atoms with E-state index in [1.54, 1.807) is 7.11 Å². The van der Waals surface area contributed by atoms with Crippen LogP contribution < -0.4 is 9.64 Å². The Bertz CT molecular complexity index is 1120. The van der Waals surface area contributed by atoms with Crippen LogP contribution in [0.15, 0.2) is 47.4 Å². The largest absolute Gasteiger partial charge is 0.497 e. The maximum Gasteiger partial charge on any atom is 0.246 e. The highest BCUT2D eigenvalue weighted by Gasteiger charge is 2.35. The van der Waals surface area contributed by atoms with Crippen LogP contribution in [0.3, 0.4) is 0 Å². The highest BCUT2D eigenvalue weighted by atomic mass is 32.2. The number of nitrogens with zero attached hydrogens (tertiary/aromatic N) is 3. The van der Waals surface area contributed by atoms with Gasteiger partial charge in [0.05, 0.1) is 7.11 Å². The molecule has 0 N–H and O–H groups in total. The monoisotopic (exact) mass is 493 g/mol. The molecule has 10 heteroatoms. The second-order valence-electron chi connectivity index (χ2n) is 8.62. The van der Waals surface area contributed by atoms with Crippen LogP contribution in [0.1, 0.15) is 19.3 Å². The smallest absolute Gasteiger partial charge is 0.246 e. The maximum atomic E-state index is 14.1. The van der Waals surface area contributed by atoms with Crippen LogP contribution in [0.5, 0.6) is 5.75 Å². The topological polar surface area (TPSA) is 70.2 Å². The van der Waals surface area contributed by atoms with E-state index >= 15 is 0 Å². The van der Waals surface area contributed by atoms with Crippen LogP contribution in [0.4, 0.5) is 14.5 Å². The number of carbonyl (C=O) groups excluding carboxylic acids is 1. The van der Waals surface area contributed by atoms with Crippen molar-refractivity contribution in [1.82, 2.24) is 9.21 Å². The van der Waals surface area contributed by atoms with E-state index in [0.29, 0.717) is 38.5 Å². The number of piperidine rings is 1. The van der Waals surface area contributed by atoms with Crippen LogP contribution in [0, 0.1) is 17.6 Å². The minimum absolute atomic E-state index is 0.0329. The normalized spacial score (nSPS) is 18.6. The molecule has 2 aromatic carbocycles. The highest BCUT2D eigenvalue weighted by molar-refractivity contribution is 7.89. The Hall–Kier alpha value is -2.72. The number of sulfonamides is 1. The van der Waals surface area contributed by atoms with Gasteiger partial charge in [-0.2, -0.15) is 4.31 Å². The number of hydrogen-bond donors (Lipinski definition) is 0. The summed E-state index contributed by atoms with van der Waals surface area (Å²) in [5, 5.41) is 0. The molecule has 0 bridgehead atoms. The Morgan fingerprint density at radius 2 is 1.65 bits per heavy atom. The summed E-state index contributed by atoms with van der Waals surface area (Å²) in [5.41, 5.74) is 1.08. The van der Waals surface area contributed by atoms with Crippen LogP contribution in [-0.4, -0.2) is 69.9 Å². The summed E-state index contributed by atoms with van der Waals surface area (Å²) in [4.78, 5) is 16.6. The number of carbonyl (C=O) groups is 1. The number of amides is 1. The highest BCUT2D eigenvalue weighted by Crippen LogP contribution is 2.28. The lowest BCUT2D eigenvalue weighted by atomic mass is 9.96. The number of anilines is 1. The molecule has 184 valence electrons. The average Bonchev–Trinajstić information content (AvgIpc) is 3.11. The summed E-state index contributed by atoms with van der Waals surface area (Å²) in [6.07, 6.45) is 1.55. The van der Waals surface area contributed by atoms with Crippen LogP contribution in [-0.2, 0) is 14.8 Å². The predicted molar refractivity (Wildman–Crippen MR) is 124 cm³/mol. The molecule has 1 amide bonds. The first-order valence-electron chi connectivity index (χ1n) is 11.4. The summed E-state index contributed by atoms with van der Waals surface area (Å²) in [6, 6.07) is 10.3. The third-order valence-electron chi connectivity index (χ3n) is 6.56. The van der Waals surface area contributed by atoms with Gasteiger partial charge in [-0.3, -0.25) is 4.79 Å². The second kappa shape index (κ2) is 10.3. The van der Waals surface area contributed by atoms with Gasteiger partial charge in [0.15, 0.2) is 0 Å². The average molecular weight is 494 g/mol. The van der Waals surface area contributed by atoms with Gasteiger partial charge in [-0.25, -0.2) is 17.2 Å². The fourth-order valence-electron chi connectivity index (χ4n) is 4.60. The molecule has 0 aliphatic carbocycles. The minimum Gasteiger partial charge on any atom is -0.497 e. The molecule has 2 heterocycles. The molecule has 0 saturated carbocycles. The zero-order valence-electron chi connectivity index (χ0n) is 19.1. The molecule has 34 heavy (non-hydrogen) atoms. The van der Waals surface area contributed by atoms with E-state index < -0.39 is 26.6 Å². The number of rotatable bonds is 5. The van der Waals surface area contributed by atoms with Crippen molar-refractivity contribution in [2.45, 2.75) is 24.2 Å². The fraction of sp³-hybridized carbons (Fsp3) is 0.458. The SMILES string of the molecule is COc1ccc(N2CCCN(C(=O)C3CCN(S(=O)(=O)c4cc(F)ccc4F)CC3)CC2)cc1. The van der Waals surface area contributed by atoms with Gasteiger partial charge in [0.25, 0.3) is 0 Å². The molecule has 0 atom stereocenters. The molecule has 0 aromatic heterocycles. The van der Waals surface area contributed by atoms with Gasteiger partial charge < -0.3 is 14.5 Å². The molecule has 2 aromatic rings. The van der Waals surface area contributed by atoms with Crippen molar-refractivity contribution in [2.24, 2.45) is 5.92 Å². The third-order valence-corrected chi connectivity index (χ3v) is 8.47. The minimum atomic E-state index is -4.16. The zero-order valence-corrected chi connectivity index (χ0v) is 19.9. The molecule has 2 saturated heterocycles. The first-order valence-corrected chi connectivity index (χ1v) is 12.9. The van der Waals surface area contributed by atoms with E-state index in [9.17, 15) is 22.0 Å². The molecule has 2 aliphatic rings. The summed E-state index contributed by atoms with van der Waals surface area (Å²) < 4.78 is 59.5.